The number of ether oxygens (including phenoxy) is 1. The van der Waals surface area contributed by atoms with E-state index in [1.165, 1.54) is 4.90 Å². The molecule has 128 valence electrons. The predicted molar refractivity (Wildman–Crippen MR) is 104 cm³/mol. The third-order valence-electron chi connectivity index (χ3n) is 3.76. The number of methoxy groups -OCH3 is 1. The minimum Gasteiger partial charge on any atom is -0.496 e. The lowest BCUT2D eigenvalue weighted by molar-refractivity contribution is -0.890. The fourth-order valence-corrected chi connectivity index (χ4v) is 2.91. The number of benzene rings is 2. The molecule has 6 heteroatoms. The first-order valence-corrected chi connectivity index (χ1v) is 8.53. The number of quaternary nitrogens is 1. The summed E-state index contributed by atoms with van der Waals surface area (Å²) in [6, 6.07) is 15.8. The van der Waals surface area contributed by atoms with Crippen molar-refractivity contribution in [3.8, 4) is 5.75 Å². The highest BCUT2D eigenvalue weighted by molar-refractivity contribution is 7.80. The summed E-state index contributed by atoms with van der Waals surface area (Å²) >= 11 is 11.4. The van der Waals surface area contributed by atoms with Crippen LogP contribution < -0.4 is 20.3 Å². The minimum absolute atomic E-state index is 0.209. The summed E-state index contributed by atoms with van der Waals surface area (Å²) in [6.07, 6.45) is 0. The van der Waals surface area contributed by atoms with Gasteiger partial charge in [-0.05, 0) is 42.5 Å². The summed E-state index contributed by atoms with van der Waals surface area (Å²) in [5, 5.41) is 7.68. The van der Waals surface area contributed by atoms with Crippen molar-refractivity contribution in [2.45, 2.75) is 6.04 Å². The number of para-hydroxylation sites is 1. The van der Waals surface area contributed by atoms with Crippen LogP contribution in [0, 0.1) is 0 Å². The van der Waals surface area contributed by atoms with Gasteiger partial charge in [0.25, 0.3) is 0 Å². The quantitative estimate of drug-likeness (QED) is 0.689. The van der Waals surface area contributed by atoms with Crippen LogP contribution in [-0.4, -0.2) is 32.9 Å². The van der Waals surface area contributed by atoms with Gasteiger partial charge in [-0.1, -0.05) is 29.8 Å². The fraction of sp³-hybridized carbons (Fsp3) is 0.278. The highest BCUT2D eigenvalue weighted by Crippen LogP contribution is 2.22. The molecule has 4 nitrogen and oxygen atoms in total. The highest BCUT2D eigenvalue weighted by Gasteiger charge is 2.21. The van der Waals surface area contributed by atoms with Crippen LogP contribution >= 0.6 is 23.8 Å². The van der Waals surface area contributed by atoms with E-state index in [0.717, 1.165) is 17.0 Å². The molecule has 0 aliphatic carbocycles. The van der Waals surface area contributed by atoms with Gasteiger partial charge in [-0.2, -0.15) is 0 Å². The van der Waals surface area contributed by atoms with E-state index < -0.39 is 0 Å². The maximum absolute atomic E-state index is 5.99. The van der Waals surface area contributed by atoms with Gasteiger partial charge in [-0.25, -0.2) is 0 Å². The molecule has 0 fully saturated rings. The summed E-state index contributed by atoms with van der Waals surface area (Å²) in [6.45, 7) is 0.690. The molecule has 0 spiro atoms. The lowest BCUT2D eigenvalue weighted by Gasteiger charge is -2.24. The lowest BCUT2D eigenvalue weighted by atomic mass is 10.0. The fourth-order valence-electron chi connectivity index (χ4n) is 2.52. The van der Waals surface area contributed by atoms with Crippen molar-refractivity contribution < 1.29 is 9.64 Å². The van der Waals surface area contributed by atoms with Crippen molar-refractivity contribution in [2.24, 2.45) is 0 Å². The van der Waals surface area contributed by atoms with Gasteiger partial charge in [-0.15, -0.1) is 0 Å². The highest BCUT2D eigenvalue weighted by atomic mass is 35.5. The average Bonchev–Trinajstić information content (AvgIpc) is 2.55. The van der Waals surface area contributed by atoms with Crippen LogP contribution in [0.4, 0.5) is 5.69 Å². The number of likely N-dealkylation sites (N-methyl/N-ethyl adjacent to an activating group) is 1. The van der Waals surface area contributed by atoms with Crippen molar-refractivity contribution in [2.75, 3.05) is 33.1 Å². The van der Waals surface area contributed by atoms with E-state index in [2.05, 4.69) is 30.8 Å². The first-order chi connectivity index (χ1) is 11.5. The van der Waals surface area contributed by atoms with Crippen LogP contribution in [0.15, 0.2) is 48.5 Å². The van der Waals surface area contributed by atoms with Crippen LogP contribution in [0.25, 0.3) is 0 Å². The Labute approximate surface area is 153 Å². The van der Waals surface area contributed by atoms with Crippen molar-refractivity contribution in [3.63, 3.8) is 0 Å². The standard InChI is InChI=1S/C18H22ClN3OS/c1-22(2)16(15-9-4-5-10-17(15)23-3)12-20-18(24)21-14-8-6-7-13(19)11-14/h4-11,16H,12H2,1-3H3,(H2,20,21,24)/p+1/t16-/m0/s1. The summed E-state index contributed by atoms with van der Waals surface area (Å²) in [7, 11) is 5.93. The molecule has 0 saturated carbocycles. The number of rotatable bonds is 6. The van der Waals surface area contributed by atoms with Crippen LogP contribution in [-0.2, 0) is 0 Å². The molecule has 2 rings (SSSR count). The number of hydrogen-bond donors (Lipinski definition) is 3. The summed E-state index contributed by atoms with van der Waals surface area (Å²) in [5.41, 5.74) is 2.02. The average molecular weight is 365 g/mol. The Kier molecular flexibility index (Phi) is 6.85. The maximum Gasteiger partial charge on any atom is 0.171 e. The van der Waals surface area contributed by atoms with E-state index in [-0.39, 0.29) is 6.04 Å². The Bertz CT molecular complexity index is 693. The monoisotopic (exact) mass is 364 g/mol. The van der Waals surface area contributed by atoms with Crippen molar-refractivity contribution in [1.82, 2.24) is 5.32 Å². The Morgan fingerprint density at radius 2 is 1.96 bits per heavy atom. The second kappa shape index (κ2) is 8.87. The Balaban J connectivity index is 2.02. The molecule has 2 aromatic rings. The number of hydrogen-bond acceptors (Lipinski definition) is 2. The molecule has 0 unspecified atom stereocenters. The second-order valence-electron chi connectivity index (χ2n) is 5.72. The molecule has 0 aliphatic rings. The molecule has 0 radical (unpaired) electrons. The Morgan fingerprint density at radius 1 is 1.21 bits per heavy atom. The number of nitrogens with one attached hydrogen (secondary N) is 3. The van der Waals surface area contributed by atoms with E-state index in [4.69, 9.17) is 28.6 Å². The van der Waals surface area contributed by atoms with E-state index in [0.29, 0.717) is 16.7 Å². The number of halogens is 1. The van der Waals surface area contributed by atoms with E-state index in [1.807, 2.05) is 42.5 Å². The molecule has 3 N–H and O–H groups in total. The summed E-state index contributed by atoms with van der Waals surface area (Å²) in [4.78, 5) is 1.29. The summed E-state index contributed by atoms with van der Waals surface area (Å²) < 4.78 is 5.49. The molecule has 1 atom stereocenters. The second-order valence-corrected chi connectivity index (χ2v) is 6.56. The van der Waals surface area contributed by atoms with Crippen molar-refractivity contribution >= 4 is 34.6 Å². The van der Waals surface area contributed by atoms with Gasteiger partial charge in [0.1, 0.15) is 11.8 Å². The maximum atomic E-state index is 5.99. The first-order valence-electron chi connectivity index (χ1n) is 7.74. The molecule has 0 amide bonds. The predicted octanol–water partition coefficient (Wildman–Crippen LogP) is 2.52. The summed E-state index contributed by atoms with van der Waals surface area (Å²) in [5.74, 6) is 0.888. The topological polar surface area (TPSA) is 37.7 Å². The smallest absolute Gasteiger partial charge is 0.171 e. The van der Waals surface area contributed by atoms with Crippen LogP contribution in [0.3, 0.4) is 0 Å². The van der Waals surface area contributed by atoms with Gasteiger partial charge in [0.05, 0.1) is 33.3 Å². The Hall–Kier alpha value is -1.82. The van der Waals surface area contributed by atoms with Crippen LogP contribution in [0.2, 0.25) is 5.02 Å². The molecule has 0 aromatic heterocycles. The first kappa shape index (κ1) is 18.5. The molecule has 0 heterocycles. The number of thiocarbonyl (C=S) groups is 1. The van der Waals surface area contributed by atoms with E-state index >= 15 is 0 Å². The van der Waals surface area contributed by atoms with Crippen LogP contribution in [0.1, 0.15) is 11.6 Å². The van der Waals surface area contributed by atoms with Crippen LogP contribution in [0.5, 0.6) is 5.75 Å². The number of anilines is 1. The zero-order valence-corrected chi connectivity index (χ0v) is 15.7. The van der Waals surface area contributed by atoms with Gasteiger partial charge in [-0.3, -0.25) is 0 Å². The zero-order valence-electron chi connectivity index (χ0n) is 14.1. The molecule has 0 bridgehead atoms. The van der Waals surface area contributed by atoms with Crippen molar-refractivity contribution in [1.29, 1.82) is 0 Å². The van der Waals surface area contributed by atoms with Crippen molar-refractivity contribution in [3.05, 3.63) is 59.1 Å². The largest absolute Gasteiger partial charge is 0.496 e. The SMILES string of the molecule is COc1ccccc1[C@H](CNC(=S)Nc1cccc(Cl)c1)[NH+](C)C. The van der Waals surface area contributed by atoms with Gasteiger partial charge in [0, 0.05) is 10.7 Å². The lowest BCUT2D eigenvalue weighted by Crippen LogP contribution is -3.07. The van der Waals surface area contributed by atoms with E-state index in [9.17, 15) is 0 Å². The van der Waals surface area contributed by atoms with Gasteiger partial charge >= 0.3 is 0 Å². The van der Waals surface area contributed by atoms with Gasteiger partial charge in [0.15, 0.2) is 5.11 Å². The molecular formula is C18H23ClN3OS+. The third-order valence-corrected chi connectivity index (χ3v) is 4.24. The van der Waals surface area contributed by atoms with E-state index in [1.54, 1.807) is 7.11 Å². The Morgan fingerprint density at radius 3 is 2.62 bits per heavy atom. The molecular weight excluding hydrogens is 342 g/mol. The molecule has 2 aromatic carbocycles. The normalized spacial score (nSPS) is 11.9. The van der Waals surface area contributed by atoms with Gasteiger partial charge in [0.2, 0.25) is 0 Å². The molecule has 0 aliphatic heterocycles. The zero-order chi connectivity index (χ0) is 17.5. The minimum atomic E-state index is 0.209. The molecule has 24 heavy (non-hydrogen) atoms. The van der Waals surface area contributed by atoms with Gasteiger partial charge < -0.3 is 20.3 Å². The third kappa shape index (κ3) is 5.09. The molecule has 0 saturated heterocycles.